The molecule has 0 saturated carbocycles. The lowest BCUT2D eigenvalue weighted by atomic mass is 10.0. The largest absolute Gasteiger partial charge is 0.372 e. The molecule has 0 fully saturated rings. The van der Waals surface area contributed by atoms with Crippen molar-refractivity contribution in [2.24, 2.45) is 0 Å². The van der Waals surface area contributed by atoms with Crippen LogP contribution in [0.15, 0.2) is 42.6 Å². The maximum atomic E-state index is 5.80. The quantitative estimate of drug-likeness (QED) is 0.0501. The molecule has 45 heavy (non-hydrogen) atoms. The lowest BCUT2D eigenvalue weighted by Crippen LogP contribution is -2.35. The average molecular weight is 616 g/mol. The van der Waals surface area contributed by atoms with E-state index in [2.05, 4.69) is 78.8 Å². The number of anilines is 1. The molecule has 2 rings (SSSR count). The van der Waals surface area contributed by atoms with Gasteiger partial charge in [0.15, 0.2) is 6.20 Å². The smallest absolute Gasteiger partial charge is 0.257 e. The van der Waals surface area contributed by atoms with Crippen molar-refractivity contribution in [3.8, 4) is 23.5 Å². The predicted molar refractivity (Wildman–Crippen MR) is 200 cm³/mol. The normalized spacial score (nSPS) is 11.2. The summed E-state index contributed by atoms with van der Waals surface area (Å²) in [5, 5.41) is 0. The van der Waals surface area contributed by atoms with E-state index in [1.165, 1.54) is 184 Å². The van der Waals surface area contributed by atoms with Crippen molar-refractivity contribution in [3.05, 3.63) is 48.3 Å². The Bertz CT molecular complexity index is 973. The molecule has 0 atom stereocenters. The number of hydrogen-bond acceptors (Lipinski definition) is 1. The fourth-order valence-corrected chi connectivity index (χ4v) is 6.63. The summed E-state index contributed by atoms with van der Waals surface area (Å²) in [6, 6.07) is 13.6. The number of benzene rings is 1. The number of hydrogen-bond donors (Lipinski definition) is 0. The van der Waals surface area contributed by atoms with E-state index in [0.717, 1.165) is 12.2 Å². The highest BCUT2D eigenvalue weighted by molar-refractivity contribution is 5.66. The zero-order chi connectivity index (χ0) is 32.2. The fourth-order valence-electron chi connectivity index (χ4n) is 6.63. The minimum absolute atomic E-state index is 0.895. The van der Waals surface area contributed by atoms with Crippen molar-refractivity contribution in [3.63, 3.8) is 0 Å². The van der Waals surface area contributed by atoms with Gasteiger partial charge in [-0.05, 0) is 48.9 Å². The molecule has 252 valence electrons. The molecule has 0 bridgehead atoms. The molecule has 2 heteroatoms. The second-order valence-corrected chi connectivity index (χ2v) is 13.5. The van der Waals surface area contributed by atoms with E-state index in [4.69, 9.17) is 6.42 Å². The van der Waals surface area contributed by atoms with E-state index in [9.17, 15) is 0 Å². The van der Waals surface area contributed by atoms with E-state index >= 15 is 0 Å². The number of nitrogens with zero attached hydrogens (tertiary/aromatic N) is 2. The topological polar surface area (TPSA) is 7.12 Å². The molecule has 0 N–H and O–H groups in total. The third-order valence-electron chi connectivity index (χ3n) is 9.65. The van der Waals surface area contributed by atoms with E-state index in [-0.39, 0.29) is 0 Å². The zero-order valence-electron chi connectivity index (χ0n) is 30.1. The van der Waals surface area contributed by atoms with E-state index in [1.807, 2.05) is 0 Å². The molecule has 0 amide bonds. The first-order valence-electron chi connectivity index (χ1n) is 19.6. The Hall–Kier alpha value is -2.27. The Morgan fingerprint density at radius 2 is 0.911 bits per heavy atom. The van der Waals surface area contributed by atoms with E-state index in [1.54, 1.807) is 0 Å². The molecule has 1 heterocycles. The van der Waals surface area contributed by atoms with Crippen LogP contribution < -0.4 is 9.47 Å². The molecule has 0 aliphatic carbocycles. The Kier molecular flexibility index (Phi) is 23.3. The Morgan fingerprint density at radius 1 is 0.511 bits per heavy atom. The number of pyridine rings is 1. The molecule has 0 aliphatic heterocycles. The number of aryl methyl sites for hydroxylation is 1. The zero-order valence-corrected chi connectivity index (χ0v) is 30.1. The standard InChI is InChI=1S/C43H71N2/c1-5-9-11-13-15-17-19-21-23-25-27-29-36-45(37-30-28-26-24-22-20-18-16-14-12-10-6-2)43-33-31-40(32-34-43)41-35-38-44(8-4)42(7-3)39-41/h3,31-35,38-39H,5-6,8-30,36-37H2,1-2,4H3/q+1. The summed E-state index contributed by atoms with van der Waals surface area (Å²) in [4.78, 5) is 2.67. The Morgan fingerprint density at radius 3 is 1.29 bits per heavy atom. The molecular formula is C43H71N2+. The fraction of sp³-hybridized carbons (Fsp3) is 0.698. The van der Waals surface area contributed by atoms with Crippen molar-refractivity contribution < 1.29 is 4.57 Å². The van der Waals surface area contributed by atoms with Gasteiger partial charge in [-0.2, -0.15) is 4.57 Å². The molecule has 0 spiro atoms. The van der Waals surface area contributed by atoms with Gasteiger partial charge in [0.25, 0.3) is 5.69 Å². The van der Waals surface area contributed by atoms with Gasteiger partial charge < -0.3 is 4.90 Å². The molecule has 0 saturated heterocycles. The van der Waals surface area contributed by atoms with Crippen LogP contribution in [0.2, 0.25) is 0 Å². The first kappa shape index (κ1) is 38.9. The van der Waals surface area contributed by atoms with Crippen molar-refractivity contribution in [1.82, 2.24) is 0 Å². The maximum absolute atomic E-state index is 5.80. The highest BCUT2D eigenvalue weighted by atomic mass is 15.1. The summed E-state index contributed by atoms with van der Waals surface area (Å²) < 4.78 is 2.13. The molecule has 0 radical (unpaired) electrons. The molecule has 1 aromatic carbocycles. The minimum atomic E-state index is 0.895. The number of terminal acetylenes is 1. The molecule has 0 aliphatic rings. The highest BCUT2D eigenvalue weighted by Gasteiger charge is 2.11. The first-order valence-corrected chi connectivity index (χ1v) is 19.6. The van der Waals surface area contributed by atoms with Crippen LogP contribution in [0.25, 0.3) is 11.1 Å². The van der Waals surface area contributed by atoms with Gasteiger partial charge in [0, 0.05) is 30.9 Å². The SMILES string of the molecule is C#Cc1cc(-c2ccc(N(CCCCCCCCCCCCCC)CCCCCCCCCCCCCC)cc2)cc[n+]1CC. The summed E-state index contributed by atoms with van der Waals surface area (Å²) in [7, 11) is 0. The summed E-state index contributed by atoms with van der Waals surface area (Å²) in [6.45, 7) is 9.99. The van der Waals surface area contributed by atoms with Crippen molar-refractivity contribution in [2.75, 3.05) is 18.0 Å². The molecule has 1 aromatic heterocycles. The van der Waals surface area contributed by atoms with Gasteiger partial charge in [-0.25, -0.2) is 0 Å². The van der Waals surface area contributed by atoms with Crippen LogP contribution in [0.1, 0.15) is 181 Å². The van der Waals surface area contributed by atoms with Gasteiger partial charge in [0.2, 0.25) is 0 Å². The second kappa shape index (κ2) is 26.9. The van der Waals surface area contributed by atoms with Crippen LogP contribution in [0.4, 0.5) is 5.69 Å². The van der Waals surface area contributed by atoms with Gasteiger partial charge in [0.05, 0.1) is 0 Å². The van der Waals surface area contributed by atoms with Crippen LogP contribution in [0, 0.1) is 12.3 Å². The lowest BCUT2D eigenvalue weighted by molar-refractivity contribution is -0.695. The molecular weight excluding hydrogens is 544 g/mol. The summed E-state index contributed by atoms with van der Waals surface area (Å²) in [6.07, 6.45) is 41.7. The second-order valence-electron chi connectivity index (χ2n) is 13.5. The lowest BCUT2D eigenvalue weighted by Gasteiger charge is -2.25. The number of rotatable bonds is 29. The third-order valence-corrected chi connectivity index (χ3v) is 9.65. The van der Waals surface area contributed by atoms with Crippen molar-refractivity contribution in [2.45, 2.75) is 181 Å². The molecule has 2 nitrogen and oxygen atoms in total. The van der Waals surface area contributed by atoms with Crippen LogP contribution in [0.3, 0.4) is 0 Å². The van der Waals surface area contributed by atoms with Gasteiger partial charge in [-0.15, -0.1) is 6.42 Å². The Balaban J connectivity index is 1.78. The monoisotopic (exact) mass is 616 g/mol. The Labute approximate surface area is 280 Å². The maximum Gasteiger partial charge on any atom is 0.257 e. The number of unbranched alkanes of at least 4 members (excludes halogenated alkanes) is 22. The molecule has 0 unspecified atom stereocenters. The van der Waals surface area contributed by atoms with Gasteiger partial charge in [-0.1, -0.05) is 167 Å². The van der Waals surface area contributed by atoms with Crippen LogP contribution >= 0.6 is 0 Å². The highest BCUT2D eigenvalue weighted by Crippen LogP contribution is 2.25. The van der Waals surface area contributed by atoms with Crippen molar-refractivity contribution >= 4 is 5.69 Å². The van der Waals surface area contributed by atoms with E-state index < -0.39 is 0 Å². The van der Waals surface area contributed by atoms with Crippen LogP contribution in [-0.4, -0.2) is 13.1 Å². The summed E-state index contributed by atoms with van der Waals surface area (Å²) in [5.74, 6) is 2.85. The predicted octanol–water partition coefficient (Wildman–Crippen LogP) is 12.9. The minimum Gasteiger partial charge on any atom is -0.372 e. The first-order chi connectivity index (χ1) is 22.2. The third kappa shape index (κ3) is 17.9. The van der Waals surface area contributed by atoms with Crippen LogP contribution in [0.5, 0.6) is 0 Å². The average Bonchev–Trinajstić information content (AvgIpc) is 3.08. The number of aromatic nitrogens is 1. The van der Waals surface area contributed by atoms with Crippen LogP contribution in [-0.2, 0) is 6.54 Å². The molecule has 2 aromatic rings. The van der Waals surface area contributed by atoms with Gasteiger partial charge >= 0.3 is 0 Å². The van der Waals surface area contributed by atoms with E-state index in [0.29, 0.717) is 0 Å². The van der Waals surface area contributed by atoms with Gasteiger partial charge in [-0.3, -0.25) is 0 Å². The van der Waals surface area contributed by atoms with Crippen molar-refractivity contribution in [1.29, 1.82) is 0 Å². The summed E-state index contributed by atoms with van der Waals surface area (Å²) >= 11 is 0. The summed E-state index contributed by atoms with van der Waals surface area (Å²) in [5.41, 5.74) is 4.77. The van der Waals surface area contributed by atoms with Gasteiger partial charge in [0.1, 0.15) is 6.54 Å².